The lowest BCUT2D eigenvalue weighted by Gasteiger charge is -2.23. The van der Waals surface area contributed by atoms with E-state index in [0.717, 1.165) is 5.56 Å². The normalized spacial score (nSPS) is 14.9. The van der Waals surface area contributed by atoms with Crippen molar-refractivity contribution in [3.05, 3.63) is 35.9 Å². The molecule has 7 nitrogen and oxygen atoms in total. The van der Waals surface area contributed by atoms with Gasteiger partial charge in [0, 0.05) is 0 Å². The maximum Gasteiger partial charge on any atom is 0.407 e. The first-order valence-electron chi connectivity index (χ1n) is 6.42. The Balaban J connectivity index is 2.41. The highest BCUT2D eigenvalue weighted by molar-refractivity contribution is 5.84. The molecule has 4 N–H and O–H groups in total. The fraction of sp³-hybridized carbons (Fsp3) is 0.429. The first-order chi connectivity index (χ1) is 9.95. The Kier molecular flexibility index (Phi) is 6.80. The molecule has 0 radical (unpaired) electrons. The van der Waals surface area contributed by atoms with E-state index in [1.807, 2.05) is 6.07 Å². The fourth-order valence-electron chi connectivity index (χ4n) is 1.59. The number of nitrogens with one attached hydrogen (secondary N) is 1. The molecule has 1 aromatic rings. The van der Waals surface area contributed by atoms with Crippen LogP contribution < -0.4 is 5.32 Å². The molecule has 7 heteroatoms. The molecule has 0 saturated heterocycles. The topological polar surface area (TPSA) is 116 Å². The molecule has 0 fully saturated rings. The predicted octanol–water partition coefficient (Wildman–Crippen LogP) is -0.415. The highest BCUT2D eigenvalue weighted by Crippen LogP contribution is 2.04. The minimum absolute atomic E-state index is 0.0631. The average Bonchev–Trinajstić information content (AvgIpc) is 2.51. The van der Waals surface area contributed by atoms with Crippen LogP contribution in [0, 0.1) is 0 Å². The van der Waals surface area contributed by atoms with Crippen LogP contribution in [0.5, 0.6) is 0 Å². The molecule has 0 aromatic heterocycles. The Morgan fingerprint density at radius 3 is 2.43 bits per heavy atom. The van der Waals surface area contributed by atoms with Crippen molar-refractivity contribution >= 4 is 11.9 Å². The largest absolute Gasteiger partial charge is 0.445 e. The fourth-order valence-corrected chi connectivity index (χ4v) is 1.59. The molecule has 116 valence electrons. The molecule has 1 rings (SSSR count). The van der Waals surface area contributed by atoms with Crippen molar-refractivity contribution in [2.45, 2.75) is 31.8 Å². The summed E-state index contributed by atoms with van der Waals surface area (Å²) in [7, 11) is 0. The molecule has 1 amide bonds. The summed E-state index contributed by atoms with van der Waals surface area (Å²) in [6.07, 6.45) is -4.08. The van der Waals surface area contributed by atoms with Gasteiger partial charge in [-0.25, -0.2) is 4.79 Å². The number of carbonyl (C=O) groups excluding carboxylic acids is 2. The molecule has 0 aliphatic heterocycles. The van der Waals surface area contributed by atoms with Gasteiger partial charge in [-0.05, 0) is 12.5 Å². The van der Waals surface area contributed by atoms with Crippen molar-refractivity contribution in [2.24, 2.45) is 0 Å². The second-order valence-electron chi connectivity index (χ2n) is 4.55. The number of alkyl carbamates (subject to hydrolysis) is 1. The minimum Gasteiger partial charge on any atom is -0.445 e. The van der Waals surface area contributed by atoms with Gasteiger partial charge in [-0.1, -0.05) is 30.3 Å². The summed E-state index contributed by atoms with van der Waals surface area (Å²) >= 11 is 0. The Morgan fingerprint density at radius 2 is 1.86 bits per heavy atom. The number of hydrogen-bond donors (Lipinski definition) is 4. The third-order valence-electron chi connectivity index (χ3n) is 2.88. The van der Waals surface area contributed by atoms with E-state index in [9.17, 15) is 19.8 Å². The van der Waals surface area contributed by atoms with Crippen LogP contribution in [0.15, 0.2) is 30.3 Å². The van der Waals surface area contributed by atoms with Gasteiger partial charge in [0.15, 0.2) is 5.78 Å². The zero-order chi connectivity index (χ0) is 15.8. The number of aliphatic hydroxyl groups excluding tert-OH is 3. The van der Waals surface area contributed by atoms with Crippen LogP contribution in [0.1, 0.15) is 12.5 Å². The van der Waals surface area contributed by atoms with Gasteiger partial charge in [0.05, 0.1) is 6.04 Å². The number of benzene rings is 1. The van der Waals surface area contributed by atoms with E-state index in [1.165, 1.54) is 6.92 Å². The molecule has 1 aromatic carbocycles. The minimum atomic E-state index is -1.76. The van der Waals surface area contributed by atoms with Crippen LogP contribution in [-0.2, 0) is 16.1 Å². The maximum atomic E-state index is 11.5. The van der Waals surface area contributed by atoms with Gasteiger partial charge >= 0.3 is 6.09 Å². The van der Waals surface area contributed by atoms with Gasteiger partial charge < -0.3 is 25.4 Å². The van der Waals surface area contributed by atoms with Crippen molar-refractivity contribution < 1.29 is 29.6 Å². The maximum absolute atomic E-state index is 11.5. The Labute approximate surface area is 122 Å². The highest BCUT2D eigenvalue weighted by atomic mass is 16.5. The number of ketones is 1. The van der Waals surface area contributed by atoms with E-state index in [-0.39, 0.29) is 6.61 Å². The summed E-state index contributed by atoms with van der Waals surface area (Å²) in [5.74, 6) is -0.922. The molecule has 0 aliphatic carbocycles. The summed E-state index contributed by atoms with van der Waals surface area (Å²) in [6.45, 7) is 0.583. The van der Waals surface area contributed by atoms with E-state index < -0.39 is 36.7 Å². The third kappa shape index (κ3) is 5.50. The summed E-state index contributed by atoms with van der Waals surface area (Å²) in [5.41, 5.74) is 0.802. The molecule has 0 spiro atoms. The van der Waals surface area contributed by atoms with Crippen molar-refractivity contribution in [1.82, 2.24) is 5.32 Å². The summed E-state index contributed by atoms with van der Waals surface area (Å²) < 4.78 is 4.94. The van der Waals surface area contributed by atoms with E-state index >= 15 is 0 Å². The lowest BCUT2D eigenvalue weighted by molar-refractivity contribution is -0.136. The van der Waals surface area contributed by atoms with E-state index in [1.54, 1.807) is 24.3 Å². The molecule has 0 unspecified atom stereocenters. The zero-order valence-corrected chi connectivity index (χ0v) is 11.6. The monoisotopic (exact) mass is 297 g/mol. The van der Waals surface area contributed by atoms with Crippen LogP contribution in [0.25, 0.3) is 0 Å². The Hall–Kier alpha value is -1.96. The van der Waals surface area contributed by atoms with Crippen LogP contribution >= 0.6 is 0 Å². The molecular formula is C14H19NO6. The number of hydrogen-bond acceptors (Lipinski definition) is 6. The number of carbonyl (C=O) groups is 2. The second-order valence-corrected chi connectivity index (χ2v) is 4.55. The van der Waals surface area contributed by atoms with Crippen molar-refractivity contribution in [3.8, 4) is 0 Å². The first-order valence-corrected chi connectivity index (χ1v) is 6.42. The van der Waals surface area contributed by atoms with E-state index in [4.69, 9.17) is 9.84 Å². The number of Topliss-reactive ketones (excluding diaryl/α,β-unsaturated/α-hetero) is 1. The van der Waals surface area contributed by atoms with Gasteiger partial charge in [-0.15, -0.1) is 0 Å². The molecule has 3 atom stereocenters. The lowest BCUT2D eigenvalue weighted by Crippen LogP contribution is -2.50. The Morgan fingerprint density at radius 1 is 1.24 bits per heavy atom. The molecular weight excluding hydrogens is 278 g/mol. The molecule has 21 heavy (non-hydrogen) atoms. The SMILES string of the molecule is C[C@H](NC(=O)OCc1ccccc1)[C@H](O)[C@@H](O)C(=O)CO. The number of amides is 1. The predicted molar refractivity (Wildman–Crippen MR) is 73.3 cm³/mol. The molecule has 0 saturated carbocycles. The third-order valence-corrected chi connectivity index (χ3v) is 2.88. The van der Waals surface area contributed by atoms with Gasteiger partial charge in [0.2, 0.25) is 0 Å². The molecule has 0 bridgehead atoms. The first kappa shape index (κ1) is 17.1. The summed E-state index contributed by atoms with van der Waals surface area (Å²) in [5, 5.41) is 30.0. The number of rotatable bonds is 7. The van der Waals surface area contributed by atoms with Gasteiger partial charge in [-0.2, -0.15) is 0 Å². The average molecular weight is 297 g/mol. The van der Waals surface area contributed by atoms with Gasteiger partial charge in [-0.3, -0.25) is 4.79 Å². The van der Waals surface area contributed by atoms with Crippen LogP contribution in [0.4, 0.5) is 4.79 Å². The van der Waals surface area contributed by atoms with Crippen LogP contribution in [0.2, 0.25) is 0 Å². The van der Waals surface area contributed by atoms with Gasteiger partial charge in [0.1, 0.15) is 25.4 Å². The molecule has 0 heterocycles. The van der Waals surface area contributed by atoms with Gasteiger partial charge in [0.25, 0.3) is 0 Å². The quantitative estimate of drug-likeness (QED) is 0.543. The van der Waals surface area contributed by atoms with Crippen molar-refractivity contribution in [1.29, 1.82) is 0 Å². The number of aliphatic hydroxyl groups is 3. The van der Waals surface area contributed by atoms with Crippen LogP contribution in [0.3, 0.4) is 0 Å². The second kappa shape index (κ2) is 8.35. The smallest absolute Gasteiger partial charge is 0.407 e. The zero-order valence-electron chi connectivity index (χ0n) is 11.6. The summed E-state index contributed by atoms with van der Waals surface area (Å²) in [4.78, 5) is 22.6. The van der Waals surface area contributed by atoms with E-state index in [2.05, 4.69) is 5.32 Å². The molecule has 0 aliphatic rings. The number of ether oxygens (including phenoxy) is 1. The van der Waals surface area contributed by atoms with E-state index in [0.29, 0.717) is 0 Å². The van der Waals surface area contributed by atoms with Crippen molar-refractivity contribution in [2.75, 3.05) is 6.61 Å². The standard InChI is InChI=1S/C14H19NO6/c1-9(12(18)13(19)11(17)7-16)15-14(20)21-8-10-5-3-2-4-6-10/h2-6,9,12-13,16,18-19H,7-8H2,1H3,(H,15,20)/t9-,12-,13-/m0/s1. The van der Waals surface area contributed by atoms with Crippen molar-refractivity contribution in [3.63, 3.8) is 0 Å². The Bertz CT molecular complexity index is 464. The lowest BCUT2D eigenvalue weighted by atomic mass is 10.0. The summed E-state index contributed by atoms with van der Waals surface area (Å²) in [6, 6.07) is 8.10. The van der Waals surface area contributed by atoms with Crippen LogP contribution in [-0.4, -0.2) is 52.1 Å². The highest BCUT2D eigenvalue weighted by Gasteiger charge is 2.29.